The van der Waals surface area contributed by atoms with Gasteiger partial charge in [-0.3, -0.25) is 4.98 Å². The summed E-state index contributed by atoms with van der Waals surface area (Å²) in [7, 11) is 4.27. The zero-order valence-electron chi connectivity index (χ0n) is 13.6. The Morgan fingerprint density at radius 3 is 2.71 bits per heavy atom. The lowest BCUT2D eigenvalue weighted by Crippen LogP contribution is -2.38. The topological polar surface area (TPSA) is 28.2 Å². The highest BCUT2D eigenvalue weighted by molar-refractivity contribution is 5.78. The third-order valence-electron chi connectivity index (χ3n) is 3.60. The van der Waals surface area contributed by atoms with Crippen LogP contribution in [-0.2, 0) is 6.54 Å². The molecule has 1 aromatic carbocycles. The van der Waals surface area contributed by atoms with Crippen LogP contribution in [0.4, 0.5) is 0 Å². The van der Waals surface area contributed by atoms with Crippen LogP contribution in [0.1, 0.15) is 25.8 Å². The van der Waals surface area contributed by atoms with Crippen molar-refractivity contribution >= 4 is 10.9 Å². The molecule has 21 heavy (non-hydrogen) atoms. The number of aromatic nitrogens is 1. The van der Waals surface area contributed by atoms with Gasteiger partial charge in [-0.05, 0) is 50.2 Å². The molecule has 0 aliphatic heterocycles. The number of nitrogens with one attached hydrogen (secondary N) is 1. The van der Waals surface area contributed by atoms with Crippen LogP contribution in [-0.4, -0.2) is 36.6 Å². The minimum atomic E-state index is 0.532. The molecule has 0 radical (unpaired) electrons. The van der Waals surface area contributed by atoms with Crippen LogP contribution in [0.5, 0.6) is 0 Å². The zero-order chi connectivity index (χ0) is 15.2. The normalized spacial score (nSPS) is 13.2. The van der Waals surface area contributed by atoms with Crippen LogP contribution < -0.4 is 5.32 Å². The van der Waals surface area contributed by atoms with Gasteiger partial charge in [-0.2, -0.15) is 0 Å². The molecule has 1 aromatic heterocycles. The summed E-state index contributed by atoms with van der Waals surface area (Å²) in [6.45, 7) is 6.56. The average Bonchev–Trinajstić information content (AvgIpc) is 2.43. The van der Waals surface area contributed by atoms with E-state index in [4.69, 9.17) is 0 Å². The summed E-state index contributed by atoms with van der Waals surface area (Å²) in [5.74, 6) is 0.711. The van der Waals surface area contributed by atoms with E-state index in [0.717, 1.165) is 18.6 Å². The molecule has 0 saturated carbocycles. The fraction of sp³-hybridized carbons (Fsp3) is 0.500. The van der Waals surface area contributed by atoms with Gasteiger partial charge in [0.2, 0.25) is 0 Å². The van der Waals surface area contributed by atoms with Crippen molar-refractivity contribution in [1.29, 1.82) is 0 Å². The first-order valence-corrected chi connectivity index (χ1v) is 7.76. The summed E-state index contributed by atoms with van der Waals surface area (Å²) in [4.78, 5) is 6.62. The minimum absolute atomic E-state index is 0.532. The Hall–Kier alpha value is -1.45. The van der Waals surface area contributed by atoms with E-state index in [1.54, 1.807) is 0 Å². The van der Waals surface area contributed by atoms with Crippen molar-refractivity contribution < 1.29 is 0 Å². The van der Waals surface area contributed by atoms with Gasteiger partial charge in [0, 0.05) is 30.7 Å². The highest BCUT2D eigenvalue weighted by Gasteiger charge is 2.11. The maximum Gasteiger partial charge on any atom is 0.0702 e. The molecule has 0 fully saturated rings. The summed E-state index contributed by atoms with van der Waals surface area (Å²) in [6.07, 6.45) is 3.04. The Morgan fingerprint density at radius 1 is 1.19 bits per heavy atom. The van der Waals surface area contributed by atoms with E-state index in [1.807, 2.05) is 12.3 Å². The standard InChI is InChI=1S/C18H27N3/c1-14(2)10-17(13-21(3)4)20-12-15-7-8-18-16(11-15)6-5-9-19-18/h5-9,11,14,17,20H,10,12-13H2,1-4H3. The first kappa shape index (κ1) is 15.9. The Kier molecular flexibility index (Phi) is 5.71. The van der Waals surface area contributed by atoms with Gasteiger partial charge in [0.1, 0.15) is 0 Å². The summed E-state index contributed by atoms with van der Waals surface area (Å²) >= 11 is 0. The van der Waals surface area contributed by atoms with Crippen molar-refractivity contribution in [3.05, 3.63) is 42.1 Å². The van der Waals surface area contributed by atoms with Crippen LogP contribution in [0.15, 0.2) is 36.5 Å². The van der Waals surface area contributed by atoms with Crippen LogP contribution in [0.3, 0.4) is 0 Å². The molecule has 1 heterocycles. The molecule has 1 unspecified atom stereocenters. The largest absolute Gasteiger partial charge is 0.309 e. The van der Waals surface area contributed by atoms with Crippen LogP contribution in [0, 0.1) is 5.92 Å². The summed E-state index contributed by atoms with van der Waals surface area (Å²) in [6, 6.07) is 11.2. The maximum atomic E-state index is 4.37. The lowest BCUT2D eigenvalue weighted by atomic mass is 10.0. The summed E-state index contributed by atoms with van der Waals surface area (Å²) < 4.78 is 0. The Bertz CT molecular complexity index is 553. The number of pyridine rings is 1. The number of likely N-dealkylation sites (N-methyl/N-ethyl adjacent to an activating group) is 1. The molecule has 0 aliphatic carbocycles. The number of hydrogen-bond donors (Lipinski definition) is 1. The van der Waals surface area contributed by atoms with Gasteiger partial charge in [-0.25, -0.2) is 0 Å². The van der Waals surface area contributed by atoms with Gasteiger partial charge >= 0.3 is 0 Å². The molecule has 1 atom stereocenters. The average molecular weight is 285 g/mol. The third-order valence-corrected chi connectivity index (χ3v) is 3.60. The SMILES string of the molecule is CC(C)CC(CN(C)C)NCc1ccc2ncccc2c1. The van der Waals surface area contributed by atoms with E-state index in [-0.39, 0.29) is 0 Å². The van der Waals surface area contributed by atoms with Crippen LogP contribution in [0.2, 0.25) is 0 Å². The molecular formula is C18H27N3. The van der Waals surface area contributed by atoms with Gasteiger partial charge in [-0.1, -0.05) is 26.0 Å². The van der Waals surface area contributed by atoms with Crippen molar-refractivity contribution in [2.75, 3.05) is 20.6 Å². The molecule has 3 nitrogen and oxygen atoms in total. The van der Waals surface area contributed by atoms with Gasteiger partial charge in [0.15, 0.2) is 0 Å². The van der Waals surface area contributed by atoms with E-state index in [9.17, 15) is 0 Å². The van der Waals surface area contributed by atoms with Crippen LogP contribution >= 0.6 is 0 Å². The number of fused-ring (bicyclic) bond motifs is 1. The molecule has 0 spiro atoms. The number of benzene rings is 1. The molecular weight excluding hydrogens is 258 g/mol. The number of rotatable bonds is 7. The van der Waals surface area contributed by atoms with Crippen LogP contribution in [0.25, 0.3) is 10.9 Å². The Balaban J connectivity index is 2.00. The zero-order valence-corrected chi connectivity index (χ0v) is 13.6. The Labute approximate surface area is 128 Å². The number of nitrogens with zero attached hydrogens (tertiary/aromatic N) is 2. The molecule has 0 amide bonds. The fourth-order valence-corrected chi connectivity index (χ4v) is 2.73. The highest BCUT2D eigenvalue weighted by Crippen LogP contribution is 2.14. The summed E-state index contributed by atoms with van der Waals surface area (Å²) in [5.41, 5.74) is 2.39. The predicted molar refractivity (Wildman–Crippen MR) is 90.4 cm³/mol. The summed E-state index contributed by atoms with van der Waals surface area (Å²) in [5, 5.41) is 4.91. The van der Waals surface area contributed by atoms with Crippen molar-refractivity contribution in [2.24, 2.45) is 5.92 Å². The predicted octanol–water partition coefficient (Wildman–Crippen LogP) is 3.30. The van der Waals surface area contributed by atoms with Gasteiger partial charge in [-0.15, -0.1) is 0 Å². The van der Waals surface area contributed by atoms with E-state index in [1.165, 1.54) is 17.4 Å². The van der Waals surface area contributed by atoms with Gasteiger partial charge < -0.3 is 10.2 Å². The Morgan fingerprint density at radius 2 is 2.00 bits per heavy atom. The smallest absolute Gasteiger partial charge is 0.0702 e. The van der Waals surface area contributed by atoms with Gasteiger partial charge in [0.25, 0.3) is 0 Å². The van der Waals surface area contributed by atoms with E-state index in [2.05, 4.69) is 67.4 Å². The molecule has 0 bridgehead atoms. The van der Waals surface area contributed by atoms with Crippen molar-refractivity contribution in [2.45, 2.75) is 32.9 Å². The minimum Gasteiger partial charge on any atom is -0.309 e. The third kappa shape index (κ3) is 5.10. The first-order chi connectivity index (χ1) is 10.0. The quantitative estimate of drug-likeness (QED) is 0.846. The lowest BCUT2D eigenvalue weighted by Gasteiger charge is -2.24. The monoisotopic (exact) mass is 285 g/mol. The first-order valence-electron chi connectivity index (χ1n) is 7.76. The molecule has 0 saturated heterocycles. The number of hydrogen-bond acceptors (Lipinski definition) is 3. The second kappa shape index (κ2) is 7.53. The molecule has 0 aliphatic rings. The molecule has 2 aromatic rings. The molecule has 2 rings (SSSR count). The van der Waals surface area contributed by atoms with E-state index in [0.29, 0.717) is 12.0 Å². The maximum absolute atomic E-state index is 4.37. The van der Waals surface area contributed by atoms with E-state index >= 15 is 0 Å². The van der Waals surface area contributed by atoms with E-state index < -0.39 is 0 Å². The molecule has 1 N–H and O–H groups in total. The lowest BCUT2D eigenvalue weighted by molar-refractivity contribution is 0.305. The van der Waals surface area contributed by atoms with Gasteiger partial charge in [0.05, 0.1) is 5.52 Å². The van der Waals surface area contributed by atoms with Crippen molar-refractivity contribution in [1.82, 2.24) is 15.2 Å². The highest BCUT2D eigenvalue weighted by atomic mass is 15.1. The second-order valence-electron chi connectivity index (χ2n) is 6.50. The van der Waals surface area contributed by atoms with Crippen molar-refractivity contribution in [3.8, 4) is 0 Å². The fourth-order valence-electron chi connectivity index (χ4n) is 2.73. The van der Waals surface area contributed by atoms with Crippen molar-refractivity contribution in [3.63, 3.8) is 0 Å². The molecule has 114 valence electrons. The second-order valence-corrected chi connectivity index (χ2v) is 6.50. The molecule has 3 heteroatoms.